The fraction of sp³-hybridized carbons (Fsp3) is 0.545. The van der Waals surface area contributed by atoms with E-state index in [1.165, 1.54) is 15.8 Å². The van der Waals surface area contributed by atoms with Crippen LogP contribution in [-0.4, -0.2) is 50.8 Å². The predicted octanol–water partition coefficient (Wildman–Crippen LogP) is -0.144. The number of amides is 1. The lowest BCUT2D eigenvalue weighted by atomic mass is 10.1. The first-order valence-electron chi connectivity index (χ1n) is 5.89. The lowest BCUT2D eigenvalue weighted by molar-refractivity contribution is -0.117. The van der Waals surface area contributed by atoms with Crippen molar-refractivity contribution < 1.29 is 19.8 Å². The number of hydrogen-bond donors (Lipinski definition) is 3. The molecule has 2 heterocycles. The Morgan fingerprint density at radius 1 is 1.58 bits per heavy atom. The normalized spacial score (nSPS) is 19.2. The van der Waals surface area contributed by atoms with Crippen LogP contribution in [0.15, 0.2) is 6.20 Å². The highest BCUT2D eigenvalue weighted by Crippen LogP contribution is 2.28. The lowest BCUT2D eigenvalue weighted by Crippen LogP contribution is -2.29. The van der Waals surface area contributed by atoms with Crippen LogP contribution in [0.4, 0.5) is 5.82 Å². The van der Waals surface area contributed by atoms with Crippen molar-refractivity contribution in [1.29, 1.82) is 0 Å². The summed E-state index contributed by atoms with van der Waals surface area (Å²) in [5, 5.41) is 22.0. The molecule has 1 aromatic heterocycles. The highest BCUT2D eigenvalue weighted by Gasteiger charge is 2.34. The van der Waals surface area contributed by atoms with Gasteiger partial charge in [0.2, 0.25) is 5.91 Å². The Morgan fingerprint density at radius 2 is 2.32 bits per heavy atom. The molecule has 0 aromatic carbocycles. The van der Waals surface area contributed by atoms with Gasteiger partial charge >= 0.3 is 5.97 Å². The van der Waals surface area contributed by atoms with Gasteiger partial charge in [0.15, 0.2) is 0 Å². The molecular formula is C11H15N3O4S. The van der Waals surface area contributed by atoms with Crippen LogP contribution < -0.4 is 4.90 Å². The number of thiol groups is 1. The molecular weight excluding hydrogens is 270 g/mol. The number of nitrogens with zero attached hydrogens (tertiary/aromatic N) is 3. The van der Waals surface area contributed by atoms with Gasteiger partial charge in [-0.1, -0.05) is 0 Å². The second kappa shape index (κ2) is 5.62. The molecule has 19 heavy (non-hydrogen) atoms. The summed E-state index contributed by atoms with van der Waals surface area (Å²) < 4.78 is 1.35. The molecule has 1 fully saturated rings. The Morgan fingerprint density at radius 3 is 2.84 bits per heavy atom. The van der Waals surface area contributed by atoms with E-state index in [4.69, 9.17) is 10.2 Å². The topological polar surface area (TPSA) is 95.7 Å². The molecule has 1 atom stereocenters. The minimum absolute atomic E-state index is 0.0263. The largest absolute Gasteiger partial charge is 0.477 e. The van der Waals surface area contributed by atoms with E-state index in [2.05, 4.69) is 17.7 Å². The van der Waals surface area contributed by atoms with Crippen LogP contribution in [0, 0.1) is 5.92 Å². The van der Waals surface area contributed by atoms with Crippen molar-refractivity contribution in [3.63, 3.8) is 0 Å². The zero-order valence-corrected chi connectivity index (χ0v) is 11.1. The molecule has 104 valence electrons. The predicted molar refractivity (Wildman–Crippen MR) is 70.6 cm³/mol. The highest BCUT2D eigenvalue weighted by atomic mass is 32.1. The van der Waals surface area contributed by atoms with Crippen molar-refractivity contribution in [2.45, 2.75) is 13.0 Å². The van der Waals surface area contributed by atoms with Crippen molar-refractivity contribution >= 4 is 30.3 Å². The van der Waals surface area contributed by atoms with E-state index in [1.807, 2.05) is 0 Å². The maximum Gasteiger partial charge on any atom is 0.341 e. The zero-order chi connectivity index (χ0) is 14.0. The Hall–Kier alpha value is -1.54. The number of aromatic nitrogens is 2. The molecule has 2 rings (SSSR count). The number of aromatic carboxylic acids is 1. The molecule has 1 aromatic rings. The summed E-state index contributed by atoms with van der Waals surface area (Å²) in [7, 11) is 0. The lowest BCUT2D eigenvalue weighted by Gasteiger charge is -2.18. The molecule has 0 bridgehead atoms. The Kier molecular flexibility index (Phi) is 4.11. The van der Waals surface area contributed by atoms with Crippen molar-refractivity contribution in [3.8, 4) is 0 Å². The van der Waals surface area contributed by atoms with Gasteiger partial charge in [0, 0.05) is 13.0 Å². The summed E-state index contributed by atoms with van der Waals surface area (Å²) in [4.78, 5) is 24.6. The van der Waals surface area contributed by atoms with E-state index in [0.717, 1.165) is 0 Å². The molecule has 0 aliphatic carbocycles. The summed E-state index contributed by atoms with van der Waals surface area (Å²) in [5.74, 6) is -0.355. The van der Waals surface area contributed by atoms with Crippen LogP contribution in [0.1, 0.15) is 16.8 Å². The van der Waals surface area contributed by atoms with Gasteiger partial charge in [-0.05, 0) is 11.7 Å². The fourth-order valence-electron chi connectivity index (χ4n) is 2.18. The maximum atomic E-state index is 12.0. The first kappa shape index (κ1) is 13.9. The number of rotatable bonds is 5. The third-order valence-corrected chi connectivity index (χ3v) is 3.59. The van der Waals surface area contributed by atoms with E-state index < -0.39 is 5.97 Å². The van der Waals surface area contributed by atoms with E-state index in [1.54, 1.807) is 0 Å². The Bertz CT molecular complexity index is 502. The molecule has 1 unspecified atom stereocenters. The summed E-state index contributed by atoms with van der Waals surface area (Å²) >= 11 is 4.17. The van der Waals surface area contributed by atoms with Crippen molar-refractivity contribution in [2.24, 2.45) is 5.92 Å². The Balaban J connectivity index is 2.39. The van der Waals surface area contributed by atoms with Crippen LogP contribution >= 0.6 is 12.6 Å². The number of aliphatic hydroxyl groups excluding tert-OH is 1. The SMILES string of the molecule is O=C(O)c1cnn(CCO)c1N1CC(CS)CC1=O. The molecule has 8 heteroatoms. The van der Waals surface area contributed by atoms with Gasteiger partial charge in [-0.15, -0.1) is 0 Å². The number of carbonyl (C=O) groups excluding carboxylic acids is 1. The molecule has 2 N–H and O–H groups in total. The van der Waals surface area contributed by atoms with Crippen LogP contribution in [0.25, 0.3) is 0 Å². The molecule has 0 radical (unpaired) electrons. The average molecular weight is 285 g/mol. The molecule has 0 spiro atoms. The van der Waals surface area contributed by atoms with Crippen molar-refractivity contribution in [2.75, 3.05) is 23.8 Å². The van der Waals surface area contributed by atoms with Crippen LogP contribution in [0.2, 0.25) is 0 Å². The first-order valence-corrected chi connectivity index (χ1v) is 6.53. The Labute approximate surface area is 115 Å². The number of carbonyl (C=O) groups is 2. The monoisotopic (exact) mass is 285 g/mol. The second-order valence-electron chi connectivity index (χ2n) is 4.39. The van der Waals surface area contributed by atoms with Gasteiger partial charge in [-0.3, -0.25) is 9.69 Å². The van der Waals surface area contributed by atoms with Crippen LogP contribution in [-0.2, 0) is 11.3 Å². The van der Waals surface area contributed by atoms with Crippen LogP contribution in [0.3, 0.4) is 0 Å². The van der Waals surface area contributed by atoms with E-state index in [0.29, 0.717) is 18.7 Å². The molecule has 1 aliphatic heterocycles. The highest BCUT2D eigenvalue weighted by molar-refractivity contribution is 7.80. The fourth-order valence-corrected chi connectivity index (χ4v) is 2.43. The van der Waals surface area contributed by atoms with Gasteiger partial charge in [-0.25, -0.2) is 9.48 Å². The minimum atomic E-state index is -1.14. The minimum Gasteiger partial charge on any atom is -0.477 e. The van der Waals surface area contributed by atoms with Gasteiger partial charge in [0.05, 0.1) is 19.3 Å². The van der Waals surface area contributed by atoms with Crippen molar-refractivity contribution in [1.82, 2.24) is 9.78 Å². The molecule has 0 saturated carbocycles. The smallest absolute Gasteiger partial charge is 0.341 e. The first-order chi connectivity index (χ1) is 9.08. The second-order valence-corrected chi connectivity index (χ2v) is 4.76. The number of aliphatic hydroxyl groups is 1. The van der Waals surface area contributed by atoms with Gasteiger partial charge in [0.1, 0.15) is 11.4 Å². The molecule has 1 amide bonds. The molecule has 1 saturated heterocycles. The standard InChI is InChI=1S/C11H15N3O4S/c15-2-1-14-10(8(4-12-14)11(17)18)13-5-7(6-19)3-9(13)16/h4,7,15,19H,1-3,5-6H2,(H,17,18). The number of carboxylic acids is 1. The zero-order valence-electron chi connectivity index (χ0n) is 10.2. The molecule has 1 aliphatic rings. The average Bonchev–Trinajstić information content (AvgIpc) is 2.93. The summed E-state index contributed by atoms with van der Waals surface area (Å²) in [5.41, 5.74) is -0.0263. The van der Waals surface area contributed by atoms with Crippen LogP contribution in [0.5, 0.6) is 0 Å². The molecule has 7 nitrogen and oxygen atoms in total. The summed E-state index contributed by atoms with van der Waals surface area (Å²) in [6.07, 6.45) is 1.56. The van der Waals surface area contributed by atoms with Crippen molar-refractivity contribution in [3.05, 3.63) is 11.8 Å². The summed E-state index contributed by atoms with van der Waals surface area (Å²) in [6, 6.07) is 0. The van der Waals surface area contributed by atoms with E-state index >= 15 is 0 Å². The maximum absolute atomic E-state index is 12.0. The quantitative estimate of drug-likeness (QED) is 0.654. The van der Waals surface area contributed by atoms with Gasteiger partial charge in [-0.2, -0.15) is 17.7 Å². The number of hydrogen-bond acceptors (Lipinski definition) is 5. The summed E-state index contributed by atoms with van der Waals surface area (Å²) in [6.45, 7) is 0.406. The third kappa shape index (κ3) is 2.59. The van der Waals surface area contributed by atoms with Gasteiger partial charge < -0.3 is 10.2 Å². The number of anilines is 1. The third-order valence-electron chi connectivity index (χ3n) is 3.07. The number of carboxylic acid groups (broad SMARTS) is 1. The van der Waals surface area contributed by atoms with E-state index in [9.17, 15) is 9.59 Å². The van der Waals surface area contributed by atoms with Gasteiger partial charge in [0.25, 0.3) is 0 Å². The van der Waals surface area contributed by atoms with E-state index in [-0.39, 0.29) is 36.4 Å².